The molecule has 0 aliphatic rings. The third-order valence-electron chi connectivity index (χ3n) is 3.82. The molecule has 3 aromatic carbocycles. The number of benzene rings is 3. The highest BCUT2D eigenvalue weighted by atomic mass is 79.9. The van der Waals surface area contributed by atoms with Gasteiger partial charge in [0.15, 0.2) is 0 Å². The van der Waals surface area contributed by atoms with E-state index in [2.05, 4.69) is 46.3 Å². The molecule has 3 rings (SSSR count). The monoisotopic (exact) mass is 340 g/mol. The van der Waals surface area contributed by atoms with Crippen LogP contribution in [0.3, 0.4) is 0 Å². The summed E-state index contributed by atoms with van der Waals surface area (Å²) in [6, 6.07) is 20.7. The summed E-state index contributed by atoms with van der Waals surface area (Å²) < 4.78 is 0.998. The Kier molecular flexibility index (Phi) is 4.09. The molecule has 0 radical (unpaired) electrons. The van der Waals surface area contributed by atoms with Crippen LogP contribution in [0, 0.1) is 6.92 Å². The first-order valence-electron chi connectivity index (χ1n) is 7.06. The number of rotatable bonds is 3. The van der Waals surface area contributed by atoms with Gasteiger partial charge in [-0.05, 0) is 34.4 Å². The van der Waals surface area contributed by atoms with Crippen LogP contribution in [0.2, 0.25) is 0 Å². The standard InChI is InChI=1S/C19H17BrO/c1-13-5-4-8-17(19(13)20)18(21)12-14-9-10-15-6-2-3-7-16(15)11-14/h2-11,18,21H,12H2,1H3. The highest BCUT2D eigenvalue weighted by Crippen LogP contribution is 2.29. The van der Waals surface area contributed by atoms with Gasteiger partial charge >= 0.3 is 0 Å². The summed E-state index contributed by atoms with van der Waals surface area (Å²) in [6.07, 6.45) is 0.118. The number of aryl methyl sites for hydroxylation is 1. The van der Waals surface area contributed by atoms with E-state index in [-0.39, 0.29) is 0 Å². The quantitative estimate of drug-likeness (QED) is 0.695. The summed E-state index contributed by atoms with van der Waals surface area (Å²) in [5.74, 6) is 0. The van der Waals surface area contributed by atoms with Gasteiger partial charge in [0.05, 0.1) is 6.10 Å². The normalized spacial score (nSPS) is 12.5. The molecule has 3 aromatic rings. The van der Waals surface area contributed by atoms with Crippen molar-refractivity contribution in [2.45, 2.75) is 19.4 Å². The molecule has 106 valence electrons. The fourth-order valence-corrected chi connectivity index (χ4v) is 3.16. The predicted molar refractivity (Wildman–Crippen MR) is 91.5 cm³/mol. The van der Waals surface area contributed by atoms with Crippen molar-refractivity contribution < 1.29 is 5.11 Å². The molecular weight excluding hydrogens is 324 g/mol. The van der Waals surface area contributed by atoms with Gasteiger partial charge in [0.2, 0.25) is 0 Å². The van der Waals surface area contributed by atoms with Crippen molar-refractivity contribution >= 4 is 26.7 Å². The molecule has 1 unspecified atom stereocenters. The van der Waals surface area contributed by atoms with E-state index in [9.17, 15) is 5.11 Å². The lowest BCUT2D eigenvalue weighted by Gasteiger charge is -2.15. The molecule has 1 N–H and O–H groups in total. The number of hydrogen-bond donors (Lipinski definition) is 1. The van der Waals surface area contributed by atoms with E-state index in [0.717, 1.165) is 21.2 Å². The Morgan fingerprint density at radius 1 is 0.952 bits per heavy atom. The Bertz CT molecular complexity index is 779. The van der Waals surface area contributed by atoms with Gasteiger partial charge in [0, 0.05) is 10.9 Å². The number of hydrogen-bond acceptors (Lipinski definition) is 1. The maximum atomic E-state index is 10.5. The fraction of sp³-hybridized carbons (Fsp3) is 0.158. The van der Waals surface area contributed by atoms with Crippen molar-refractivity contribution in [2.75, 3.05) is 0 Å². The van der Waals surface area contributed by atoms with Gasteiger partial charge in [-0.25, -0.2) is 0 Å². The summed E-state index contributed by atoms with van der Waals surface area (Å²) in [4.78, 5) is 0. The highest BCUT2D eigenvalue weighted by Gasteiger charge is 2.13. The molecule has 0 amide bonds. The first kappa shape index (κ1) is 14.3. The summed E-state index contributed by atoms with van der Waals surface area (Å²) >= 11 is 3.57. The largest absolute Gasteiger partial charge is 0.388 e. The molecule has 0 bridgehead atoms. The van der Waals surface area contributed by atoms with Crippen molar-refractivity contribution in [2.24, 2.45) is 0 Å². The Morgan fingerprint density at radius 3 is 2.52 bits per heavy atom. The molecule has 0 saturated heterocycles. The summed E-state index contributed by atoms with van der Waals surface area (Å²) in [7, 11) is 0. The predicted octanol–water partition coefficient (Wildman–Crippen LogP) is 5.19. The Labute approximate surface area is 133 Å². The van der Waals surface area contributed by atoms with Crippen LogP contribution in [0.25, 0.3) is 10.8 Å². The topological polar surface area (TPSA) is 20.2 Å². The average molecular weight is 341 g/mol. The summed E-state index contributed by atoms with van der Waals surface area (Å²) in [5.41, 5.74) is 3.24. The van der Waals surface area contributed by atoms with Gasteiger partial charge < -0.3 is 5.11 Å². The van der Waals surface area contributed by atoms with Gasteiger partial charge in [-0.1, -0.05) is 76.6 Å². The maximum absolute atomic E-state index is 10.5. The number of aliphatic hydroxyl groups is 1. The van der Waals surface area contributed by atoms with Crippen LogP contribution in [0.15, 0.2) is 65.1 Å². The van der Waals surface area contributed by atoms with Gasteiger partial charge in [-0.2, -0.15) is 0 Å². The van der Waals surface area contributed by atoms with E-state index < -0.39 is 6.10 Å². The lowest BCUT2D eigenvalue weighted by Crippen LogP contribution is -2.03. The third kappa shape index (κ3) is 3.02. The van der Waals surface area contributed by atoms with E-state index in [1.165, 1.54) is 10.8 Å². The molecular formula is C19H17BrO. The second-order valence-corrected chi connectivity index (χ2v) is 6.17. The van der Waals surface area contributed by atoms with E-state index in [4.69, 9.17) is 0 Å². The van der Waals surface area contributed by atoms with Crippen molar-refractivity contribution in [1.29, 1.82) is 0 Å². The molecule has 0 aromatic heterocycles. The van der Waals surface area contributed by atoms with Gasteiger partial charge in [-0.3, -0.25) is 0 Å². The second-order valence-electron chi connectivity index (χ2n) is 5.38. The van der Waals surface area contributed by atoms with Crippen LogP contribution < -0.4 is 0 Å². The first-order chi connectivity index (χ1) is 10.1. The minimum Gasteiger partial charge on any atom is -0.388 e. The van der Waals surface area contributed by atoms with Crippen LogP contribution in [0.1, 0.15) is 22.8 Å². The zero-order chi connectivity index (χ0) is 14.8. The maximum Gasteiger partial charge on any atom is 0.0841 e. The summed E-state index contributed by atoms with van der Waals surface area (Å²) in [5, 5.41) is 13.0. The van der Waals surface area contributed by atoms with Crippen LogP contribution in [0.4, 0.5) is 0 Å². The Balaban J connectivity index is 1.89. The summed E-state index contributed by atoms with van der Waals surface area (Å²) in [6.45, 7) is 2.04. The molecule has 0 aliphatic heterocycles. The number of fused-ring (bicyclic) bond motifs is 1. The zero-order valence-electron chi connectivity index (χ0n) is 11.9. The minimum absolute atomic E-state index is 0.500. The molecule has 0 heterocycles. The molecule has 0 fully saturated rings. The molecule has 1 atom stereocenters. The van der Waals surface area contributed by atoms with Gasteiger partial charge in [0.25, 0.3) is 0 Å². The average Bonchev–Trinajstić information content (AvgIpc) is 2.50. The first-order valence-corrected chi connectivity index (χ1v) is 7.85. The Hall–Kier alpha value is -1.64. The lowest BCUT2D eigenvalue weighted by molar-refractivity contribution is 0.177. The Morgan fingerprint density at radius 2 is 1.71 bits per heavy atom. The van der Waals surface area contributed by atoms with E-state index in [1.54, 1.807) is 0 Å². The molecule has 0 saturated carbocycles. The van der Waals surface area contributed by atoms with Crippen LogP contribution >= 0.6 is 15.9 Å². The SMILES string of the molecule is Cc1cccc(C(O)Cc2ccc3ccccc3c2)c1Br. The fourth-order valence-electron chi connectivity index (χ4n) is 2.63. The second kappa shape index (κ2) is 6.00. The van der Waals surface area contributed by atoms with Gasteiger partial charge in [-0.15, -0.1) is 0 Å². The molecule has 0 spiro atoms. The van der Waals surface area contributed by atoms with Crippen molar-refractivity contribution in [3.63, 3.8) is 0 Å². The van der Waals surface area contributed by atoms with E-state index >= 15 is 0 Å². The smallest absolute Gasteiger partial charge is 0.0841 e. The lowest BCUT2D eigenvalue weighted by atomic mass is 9.98. The molecule has 21 heavy (non-hydrogen) atoms. The van der Waals surface area contributed by atoms with Crippen molar-refractivity contribution in [3.05, 3.63) is 81.8 Å². The molecule has 2 heteroatoms. The van der Waals surface area contributed by atoms with E-state index in [1.807, 2.05) is 37.3 Å². The molecule has 1 nitrogen and oxygen atoms in total. The van der Waals surface area contributed by atoms with Crippen molar-refractivity contribution in [1.82, 2.24) is 0 Å². The third-order valence-corrected chi connectivity index (χ3v) is 4.91. The van der Waals surface area contributed by atoms with Crippen LogP contribution in [0.5, 0.6) is 0 Å². The number of halogens is 1. The highest BCUT2D eigenvalue weighted by molar-refractivity contribution is 9.10. The zero-order valence-corrected chi connectivity index (χ0v) is 13.5. The van der Waals surface area contributed by atoms with Crippen molar-refractivity contribution in [3.8, 4) is 0 Å². The van der Waals surface area contributed by atoms with Crippen LogP contribution in [-0.2, 0) is 6.42 Å². The van der Waals surface area contributed by atoms with Crippen LogP contribution in [-0.4, -0.2) is 5.11 Å². The number of aliphatic hydroxyl groups excluding tert-OH is 1. The molecule has 0 aliphatic carbocycles. The van der Waals surface area contributed by atoms with E-state index in [0.29, 0.717) is 6.42 Å². The minimum atomic E-state index is -0.500. The van der Waals surface area contributed by atoms with Gasteiger partial charge in [0.1, 0.15) is 0 Å².